The molecule has 3 fully saturated rings. The van der Waals surface area contributed by atoms with Crippen LogP contribution in [0.1, 0.15) is 73.7 Å². The van der Waals surface area contributed by atoms with Gasteiger partial charge in [-0.05, 0) is 137 Å². The molecule has 1 aromatic heterocycles. The highest BCUT2D eigenvalue weighted by atomic mass is 32.1. The second kappa shape index (κ2) is 14.7. The summed E-state index contributed by atoms with van der Waals surface area (Å²) in [6.45, 7) is 6.21. The van der Waals surface area contributed by atoms with E-state index in [1.807, 2.05) is 48.5 Å². The highest BCUT2D eigenvalue weighted by Crippen LogP contribution is 2.42. The summed E-state index contributed by atoms with van der Waals surface area (Å²) in [5.74, 6) is 2.18. The van der Waals surface area contributed by atoms with Gasteiger partial charge in [-0.15, -0.1) is 11.3 Å². The Labute approximate surface area is 282 Å². The molecular weight excluding hydrogens is 609 g/mol. The molecule has 7 rings (SSSR count). The van der Waals surface area contributed by atoms with E-state index in [1.165, 1.54) is 62.7 Å². The molecule has 47 heavy (non-hydrogen) atoms. The molecule has 0 amide bonds. The lowest BCUT2D eigenvalue weighted by Gasteiger charge is -2.41. The molecule has 3 aromatic carbocycles. The number of piperidine rings is 1. The van der Waals surface area contributed by atoms with E-state index in [0.717, 1.165) is 65.4 Å². The number of aromatic hydroxyl groups is 1. The lowest BCUT2D eigenvalue weighted by Crippen LogP contribution is -2.49. The van der Waals surface area contributed by atoms with E-state index >= 15 is 0 Å². The molecule has 0 radical (unpaired) electrons. The number of methoxy groups -OCH3 is 1. The fraction of sp³-hybridized carbons (Fsp3) is 0.462. The minimum Gasteiger partial charge on any atom is -0.508 e. The summed E-state index contributed by atoms with van der Waals surface area (Å²) in [6.07, 6.45) is 11.1. The molecule has 0 bridgehead atoms. The molecule has 4 aromatic rings. The number of phenolic OH excluding ortho intramolecular Hbond substituents is 1. The SMILES string of the molecule is COc1cc(C(=O)c2c(-c3ccc(OCCN4CCCC4)cc3)sc3cc(O)ccc23)ccc1OC1CCCCC1N1CCCCC1. The largest absolute Gasteiger partial charge is 0.508 e. The van der Waals surface area contributed by atoms with Crippen molar-refractivity contribution in [2.75, 3.05) is 46.4 Å². The number of ketones is 1. The van der Waals surface area contributed by atoms with Gasteiger partial charge < -0.3 is 19.3 Å². The van der Waals surface area contributed by atoms with Crippen LogP contribution in [0.3, 0.4) is 0 Å². The van der Waals surface area contributed by atoms with Crippen molar-refractivity contribution in [3.05, 3.63) is 71.8 Å². The van der Waals surface area contributed by atoms with Crippen LogP contribution in [-0.2, 0) is 0 Å². The third-order valence-corrected chi connectivity index (χ3v) is 11.3. The van der Waals surface area contributed by atoms with E-state index in [-0.39, 0.29) is 17.6 Å². The highest BCUT2D eigenvalue weighted by molar-refractivity contribution is 7.22. The Balaban J connectivity index is 1.14. The Kier molecular flexibility index (Phi) is 9.98. The third-order valence-electron chi connectivity index (χ3n) is 10.1. The number of benzene rings is 3. The first-order chi connectivity index (χ1) is 23.1. The monoisotopic (exact) mass is 654 g/mol. The van der Waals surface area contributed by atoms with Crippen molar-refractivity contribution >= 4 is 27.2 Å². The number of ether oxygens (including phenoxy) is 3. The maximum Gasteiger partial charge on any atom is 0.195 e. The molecule has 2 aliphatic heterocycles. The van der Waals surface area contributed by atoms with Crippen LogP contribution in [0.25, 0.3) is 20.5 Å². The van der Waals surface area contributed by atoms with Crippen LogP contribution in [0.5, 0.6) is 23.0 Å². The van der Waals surface area contributed by atoms with Gasteiger partial charge in [-0.1, -0.05) is 12.8 Å². The van der Waals surface area contributed by atoms with Crippen molar-refractivity contribution in [3.8, 4) is 33.4 Å². The topological polar surface area (TPSA) is 71.5 Å². The number of carbonyl (C=O) groups excluding carboxylic acids is 1. The zero-order valence-corrected chi connectivity index (χ0v) is 28.2. The third kappa shape index (κ3) is 7.15. The Hall–Kier alpha value is -3.59. The van der Waals surface area contributed by atoms with Gasteiger partial charge in [-0.3, -0.25) is 14.6 Å². The van der Waals surface area contributed by atoms with Crippen molar-refractivity contribution in [1.29, 1.82) is 0 Å². The van der Waals surface area contributed by atoms with E-state index < -0.39 is 0 Å². The number of hydrogen-bond acceptors (Lipinski definition) is 8. The van der Waals surface area contributed by atoms with Gasteiger partial charge in [0.25, 0.3) is 0 Å². The molecule has 0 spiro atoms. The van der Waals surface area contributed by atoms with Crippen LogP contribution >= 0.6 is 11.3 Å². The summed E-state index contributed by atoms with van der Waals surface area (Å²) in [6, 6.07) is 19.2. The Morgan fingerprint density at radius 3 is 2.40 bits per heavy atom. The van der Waals surface area contributed by atoms with Crippen LogP contribution in [0.4, 0.5) is 0 Å². The van der Waals surface area contributed by atoms with Gasteiger partial charge in [0, 0.05) is 38.7 Å². The Morgan fingerprint density at radius 1 is 0.851 bits per heavy atom. The summed E-state index contributed by atoms with van der Waals surface area (Å²) in [5, 5.41) is 11.1. The Bertz CT molecular complexity index is 1670. The molecule has 1 N–H and O–H groups in total. The fourth-order valence-corrected chi connectivity index (χ4v) is 8.85. The molecule has 2 saturated heterocycles. The standard InChI is InChI=1S/C39H46N2O5S/c1-44-35-25-28(13-18-34(35)46-33-10-4-3-9-32(33)41-21-5-2-6-22-41)38(43)37-31-17-14-29(42)26-36(31)47-39(37)27-11-15-30(16-12-27)45-24-23-40-19-7-8-20-40/h11-18,25-26,32-33,42H,2-10,19-24H2,1H3. The predicted molar refractivity (Wildman–Crippen MR) is 189 cm³/mol. The van der Waals surface area contributed by atoms with Crippen molar-refractivity contribution in [1.82, 2.24) is 9.80 Å². The van der Waals surface area contributed by atoms with Gasteiger partial charge in [-0.2, -0.15) is 0 Å². The van der Waals surface area contributed by atoms with E-state index in [4.69, 9.17) is 14.2 Å². The molecule has 2 atom stereocenters. The van der Waals surface area contributed by atoms with Crippen LogP contribution in [-0.4, -0.2) is 79.3 Å². The van der Waals surface area contributed by atoms with Crippen molar-refractivity contribution in [2.24, 2.45) is 0 Å². The summed E-state index contributed by atoms with van der Waals surface area (Å²) >= 11 is 1.52. The van der Waals surface area contributed by atoms with Crippen molar-refractivity contribution in [2.45, 2.75) is 69.9 Å². The first-order valence-electron chi connectivity index (χ1n) is 17.4. The number of likely N-dealkylation sites (tertiary alicyclic amines) is 2. The number of carbonyl (C=O) groups is 1. The summed E-state index contributed by atoms with van der Waals surface area (Å²) < 4.78 is 19.4. The van der Waals surface area contributed by atoms with Gasteiger partial charge in [0.2, 0.25) is 0 Å². The summed E-state index contributed by atoms with van der Waals surface area (Å²) in [7, 11) is 1.64. The predicted octanol–water partition coefficient (Wildman–Crippen LogP) is 8.16. The zero-order chi connectivity index (χ0) is 32.2. The highest BCUT2D eigenvalue weighted by Gasteiger charge is 2.33. The van der Waals surface area contributed by atoms with Crippen molar-refractivity contribution in [3.63, 3.8) is 0 Å². The molecule has 1 saturated carbocycles. The van der Waals surface area contributed by atoms with Crippen LogP contribution in [0.15, 0.2) is 60.7 Å². The number of rotatable bonds is 11. The summed E-state index contributed by atoms with van der Waals surface area (Å²) in [5.41, 5.74) is 2.11. The molecular formula is C39H46N2O5S. The molecule has 8 heteroatoms. The zero-order valence-electron chi connectivity index (χ0n) is 27.4. The van der Waals surface area contributed by atoms with Crippen LogP contribution < -0.4 is 14.2 Å². The first kappa shape index (κ1) is 32.0. The van der Waals surface area contributed by atoms with E-state index in [0.29, 0.717) is 35.3 Å². The lowest BCUT2D eigenvalue weighted by atomic mass is 9.90. The smallest absolute Gasteiger partial charge is 0.195 e. The molecule has 7 nitrogen and oxygen atoms in total. The van der Waals surface area contributed by atoms with Gasteiger partial charge in [-0.25, -0.2) is 0 Å². The molecule has 3 aliphatic rings. The van der Waals surface area contributed by atoms with Crippen molar-refractivity contribution < 1.29 is 24.1 Å². The average molecular weight is 655 g/mol. The molecule has 248 valence electrons. The molecule has 2 unspecified atom stereocenters. The minimum absolute atomic E-state index is 0.0865. The number of thiophene rings is 1. The van der Waals surface area contributed by atoms with Gasteiger partial charge in [0.1, 0.15) is 24.2 Å². The first-order valence-corrected chi connectivity index (χ1v) is 18.2. The quantitative estimate of drug-likeness (QED) is 0.164. The van der Waals surface area contributed by atoms with Crippen LogP contribution in [0.2, 0.25) is 0 Å². The normalized spacial score (nSPS) is 20.8. The molecule has 1 aliphatic carbocycles. The Morgan fingerprint density at radius 2 is 1.62 bits per heavy atom. The maximum absolute atomic E-state index is 14.4. The maximum atomic E-state index is 14.4. The van der Waals surface area contributed by atoms with E-state index in [2.05, 4.69) is 9.80 Å². The number of fused-ring (bicyclic) bond motifs is 1. The number of hydrogen-bond donors (Lipinski definition) is 1. The second-order valence-corrected chi connectivity index (χ2v) is 14.3. The van der Waals surface area contributed by atoms with E-state index in [1.54, 1.807) is 19.2 Å². The van der Waals surface area contributed by atoms with E-state index in [9.17, 15) is 9.90 Å². The molecule has 3 heterocycles. The average Bonchev–Trinajstić information content (AvgIpc) is 3.77. The second-order valence-electron chi connectivity index (χ2n) is 13.2. The lowest BCUT2D eigenvalue weighted by molar-refractivity contribution is 0.0248. The number of nitrogens with zero attached hydrogens (tertiary/aromatic N) is 2. The van der Waals surface area contributed by atoms with Gasteiger partial charge >= 0.3 is 0 Å². The fourth-order valence-electron chi connectivity index (χ4n) is 7.61. The number of phenols is 1. The minimum atomic E-state index is -0.0865. The van der Waals surface area contributed by atoms with Gasteiger partial charge in [0.15, 0.2) is 17.3 Å². The summed E-state index contributed by atoms with van der Waals surface area (Å²) in [4.78, 5) is 20.3. The van der Waals surface area contributed by atoms with Gasteiger partial charge in [0.05, 0.1) is 7.11 Å². The van der Waals surface area contributed by atoms with Crippen LogP contribution in [0, 0.1) is 0 Å².